The van der Waals surface area contributed by atoms with Crippen LogP contribution in [-0.2, 0) is 10.0 Å². The maximum Gasteiger partial charge on any atom is 0.260 e. The van der Waals surface area contributed by atoms with Gasteiger partial charge < -0.3 is 5.73 Å². The molecule has 2 aromatic rings. The number of sulfonamides is 1. The summed E-state index contributed by atoms with van der Waals surface area (Å²) in [4.78, 5) is 7.76. The lowest BCUT2D eigenvalue weighted by molar-refractivity contribution is 0.563. The van der Waals surface area contributed by atoms with Crippen LogP contribution in [0.2, 0.25) is 0 Å². The minimum Gasteiger partial charge on any atom is -0.396 e. The van der Waals surface area contributed by atoms with Gasteiger partial charge in [-0.2, -0.15) is 0 Å². The zero-order valence-corrected chi connectivity index (χ0v) is 11.1. The van der Waals surface area contributed by atoms with Gasteiger partial charge in [0.05, 0.1) is 5.69 Å². The molecule has 3 N–H and O–H groups in total. The Balaban J connectivity index is 2.26. The van der Waals surface area contributed by atoms with Gasteiger partial charge in [-0.05, 0) is 30.7 Å². The highest BCUT2D eigenvalue weighted by Gasteiger charge is 2.21. The molecule has 0 fully saturated rings. The van der Waals surface area contributed by atoms with Gasteiger partial charge in [-0.25, -0.2) is 18.1 Å². The van der Waals surface area contributed by atoms with Gasteiger partial charge >= 0.3 is 0 Å². The van der Waals surface area contributed by atoms with E-state index < -0.39 is 16.1 Å². The van der Waals surface area contributed by atoms with Crippen LogP contribution < -0.4 is 10.5 Å². The SMILES string of the molecule is CC(NS(=O)(=O)c1ncccc1N)c1cccnc1. The number of pyridine rings is 2. The van der Waals surface area contributed by atoms with E-state index in [9.17, 15) is 8.42 Å². The second kappa shape index (κ2) is 5.33. The smallest absolute Gasteiger partial charge is 0.260 e. The lowest BCUT2D eigenvalue weighted by atomic mass is 10.2. The number of nitrogen functional groups attached to an aromatic ring is 1. The first-order chi connectivity index (χ1) is 9.00. The molecule has 0 bridgehead atoms. The van der Waals surface area contributed by atoms with Gasteiger partial charge in [-0.15, -0.1) is 0 Å². The second-order valence-corrected chi connectivity index (χ2v) is 5.66. The van der Waals surface area contributed by atoms with E-state index in [4.69, 9.17) is 5.73 Å². The van der Waals surface area contributed by atoms with Crippen molar-refractivity contribution in [2.75, 3.05) is 5.73 Å². The van der Waals surface area contributed by atoms with Gasteiger partial charge in [0.15, 0.2) is 5.03 Å². The van der Waals surface area contributed by atoms with Crippen LogP contribution in [0.25, 0.3) is 0 Å². The van der Waals surface area contributed by atoms with Crippen LogP contribution >= 0.6 is 0 Å². The molecule has 100 valence electrons. The highest BCUT2D eigenvalue weighted by atomic mass is 32.2. The first-order valence-corrected chi connectivity index (χ1v) is 7.12. The molecular formula is C12H14N4O2S. The van der Waals surface area contributed by atoms with Gasteiger partial charge in [-0.1, -0.05) is 6.07 Å². The van der Waals surface area contributed by atoms with Crippen LogP contribution in [-0.4, -0.2) is 18.4 Å². The molecule has 0 saturated heterocycles. The van der Waals surface area contributed by atoms with Crippen molar-refractivity contribution in [3.8, 4) is 0 Å². The van der Waals surface area contributed by atoms with E-state index in [2.05, 4.69) is 14.7 Å². The first-order valence-electron chi connectivity index (χ1n) is 5.63. The molecule has 0 radical (unpaired) electrons. The van der Waals surface area contributed by atoms with Crippen LogP contribution in [0.1, 0.15) is 18.5 Å². The molecule has 0 aliphatic rings. The number of hydrogen-bond donors (Lipinski definition) is 2. The van der Waals surface area contributed by atoms with E-state index in [0.29, 0.717) is 0 Å². The van der Waals surface area contributed by atoms with Crippen molar-refractivity contribution in [3.05, 3.63) is 48.4 Å². The van der Waals surface area contributed by atoms with Crippen LogP contribution in [0.3, 0.4) is 0 Å². The van der Waals surface area contributed by atoms with E-state index >= 15 is 0 Å². The number of anilines is 1. The Hall–Kier alpha value is -1.99. The molecule has 0 amide bonds. The standard InChI is InChI=1S/C12H14N4O2S/c1-9(10-4-2-6-14-8-10)16-19(17,18)12-11(13)5-3-7-15-12/h2-9,16H,13H2,1H3. The third-order valence-electron chi connectivity index (χ3n) is 2.57. The molecule has 2 rings (SSSR count). The van der Waals surface area contributed by atoms with Crippen LogP contribution in [0.4, 0.5) is 5.69 Å². The Morgan fingerprint density at radius 3 is 2.63 bits per heavy atom. The van der Waals surface area contributed by atoms with Crippen LogP contribution in [0.15, 0.2) is 47.9 Å². The summed E-state index contributed by atoms with van der Waals surface area (Å²) in [6, 6.07) is 6.20. The molecule has 0 aliphatic carbocycles. The topological polar surface area (TPSA) is 98.0 Å². The maximum atomic E-state index is 12.2. The van der Waals surface area contributed by atoms with E-state index in [1.165, 1.54) is 12.3 Å². The maximum absolute atomic E-state index is 12.2. The third kappa shape index (κ3) is 3.07. The quantitative estimate of drug-likeness (QED) is 0.872. The predicted molar refractivity (Wildman–Crippen MR) is 71.6 cm³/mol. The zero-order chi connectivity index (χ0) is 13.9. The summed E-state index contributed by atoms with van der Waals surface area (Å²) in [5.74, 6) is 0. The number of nitrogens with zero attached hydrogens (tertiary/aromatic N) is 2. The highest BCUT2D eigenvalue weighted by molar-refractivity contribution is 7.89. The zero-order valence-electron chi connectivity index (χ0n) is 10.3. The second-order valence-electron chi connectivity index (χ2n) is 4.03. The average Bonchev–Trinajstić information content (AvgIpc) is 2.39. The lowest BCUT2D eigenvalue weighted by Gasteiger charge is -2.14. The fourth-order valence-corrected chi connectivity index (χ4v) is 2.91. The summed E-state index contributed by atoms with van der Waals surface area (Å²) < 4.78 is 26.8. The Kier molecular flexibility index (Phi) is 3.77. The molecule has 0 aromatic carbocycles. The van der Waals surface area contributed by atoms with Gasteiger partial charge in [0.1, 0.15) is 0 Å². The van der Waals surface area contributed by atoms with Crippen molar-refractivity contribution in [2.24, 2.45) is 0 Å². The average molecular weight is 278 g/mol. The normalized spacial score (nSPS) is 13.1. The molecule has 2 aromatic heterocycles. The third-order valence-corrected chi connectivity index (χ3v) is 4.09. The molecule has 1 unspecified atom stereocenters. The van der Waals surface area contributed by atoms with Crippen LogP contribution in [0, 0.1) is 0 Å². The largest absolute Gasteiger partial charge is 0.396 e. The molecular weight excluding hydrogens is 264 g/mol. The molecule has 6 nitrogen and oxygen atoms in total. The molecule has 0 saturated carbocycles. The van der Waals surface area contributed by atoms with Crippen molar-refractivity contribution in [1.82, 2.24) is 14.7 Å². The summed E-state index contributed by atoms with van der Waals surface area (Å²) in [6.07, 6.45) is 4.62. The van der Waals surface area contributed by atoms with Crippen molar-refractivity contribution in [3.63, 3.8) is 0 Å². The highest BCUT2D eigenvalue weighted by Crippen LogP contribution is 2.18. The van der Waals surface area contributed by atoms with Crippen molar-refractivity contribution >= 4 is 15.7 Å². The van der Waals surface area contributed by atoms with Gasteiger partial charge in [0, 0.05) is 24.6 Å². The number of nitrogens with one attached hydrogen (secondary N) is 1. The minimum atomic E-state index is -3.75. The fraction of sp³-hybridized carbons (Fsp3) is 0.167. The molecule has 0 spiro atoms. The van der Waals surface area contributed by atoms with E-state index in [0.717, 1.165) is 5.56 Å². The minimum absolute atomic E-state index is 0.119. The van der Waals surface area contributed by atoms with Gasteiger partial charge in [-0.3, -0.25) is 4.98 Å². The Labute approximate surface area is 111 Å². The molecule has 2 heterocycles. The number of rotatable bonds is 4. The van der Waals surface area contributed by atoms with Crippen molar-refractivity contribution in [2.45, 2.75) is 18.0 Å². The fourth-order valence-electron chi connectivity index (χ4n) is 1.62. The summed E-state index contributed by atoms with van der Waals surface area (Å²) in [5, 5.41) is -0.161. The number of nitrogens with two attached hydrogens (primary N) is 1. The Bertz CT molecular complexity index is 658. The first kappa shape index (κ1) is 13.4. The monoisotopic (exact) mass is 278 g/mol. The van der Waals surface area contributed by atoms with Crippen molar-refractivity contribution < 1.29 is 8.42 Å². The summed E-state index contributed by atoms with van der Waals surface area (Å²) >= 11 is 0. The molecule has 1 atom stereocenters. The number of aromatic nitrogens is 2. The number of hydrogen-bond acceptors (Lipinski definition) is 5. The van der Waals surface area contributed by atoms with Crippen LogP contribution in [0.5, 0.6) is 0 Å². The van der Waals surface area contributed by atoms with Crippen molar-refractivity contribution in [1.29, 1.82) is 0 Å². The van der Waals surface area contributed by atoms with Gasteiger partial charge in [0.2, 0.25) is 0 Å². The molecule has 19 heavy (non-hydrogen) atoms. The predicted octanol–water partition coefficient (Wildman–Crippen LogP) is 1.10. The summed E-state index contributed by atoms with van der Waals surface area (Å²) in [6.45, 7) is 1.73. The molecule has 7 heteroatoms. The lowest BCUT2D eigenvalue weighted by Crippen LogP contribution is -2.28. The summed E-state index contributed by atoms with van der Waals surface area (Å²) in [7, 11) is -3.75. The Morgan fingerprint density at radius 1 is 1.26 bits per heavy atom. The Morgan fingerprint density at radius 2 is 2.00 bits per heavy atom. The van der Waals surface area contributed by atoms with E-state index in [-0.39, 0.29) is 10.7 Å². The van der Waals surface area contributed by atoms with E-state index in [1.807, 2.05) is 0 Å². The molecule has 0 aliphatic heterocycles. The van der Waals surface area contributed by atoms with Gasteiger partial charge in [0.25, 0.3) is 10.0 Å². The summed E-state index contributed by atoms with van der Waals surface area (Å²) in [5.41, 5.74) is 6.51. The van der Waals surface area contributed by atoms with E-state index in [1.54, 1.807) is 37.5 Å².